The summed E-state index contributed by atoms with van der Waals surface area (Å²) in [5.74, 6) is 1.28. The van der Waals surface area contributed by atoms with Crippen LogP contribution in [0, 0.1) is 11.8 Å². The molecule has 3 rings (SSSR count). The number of carbonyl (C=O) groups excluding carboxylic acids is 2. The number of hydrogen-bond donors (Lipinski definition) is 2. The number of hydrogen-bond acceptors (Lipinski definition) is 4. The van der Waals surface area contributed by atoms with Gasteiger partial charge in [0, 0.05) is 25.7 Å². The molecule has 1 aromatic rings. The lowest BCUT2D eigenvalue weighted by Gasteiger charge is -2.33. The van der Waals surface area contributed by atoms with Crippen molar-refractivity contribution in [3.05, 3.63) is 30.3 Å². The highest BCUT2D eigenvalue weighted by Gasteiger charge is 2.34. The summed E-state index contributed by atoms with van der Waals surface area (Å²) in [6, 6.07) is 9.57. The van der Waals surface area contributed by atoms with E-state index in [9.17, 15) is 9.59 Å². The smallest absolute Gasteiger partial charge is 0.226 e. The second-order valence-electron chi connectivity index (χ2n) is 7.28. The molecule has 0 spiro atoms. The fourth-order valence-electron chi connectivity index (χ4n) is 3.52. The van der Waals surface area contributed by atoms with Gasteiger partial charge in [0.2, 0.25) is 11.8 Å². The van der Waals surface area contributed by atoms with Crippen molar-refractivity contribution < 1.29 is 14.3 Å². The molecule has 2 atom stereocenters. The van der Waals surface area contributed by atoms with E-state index in [1.807, 2.05) is 30.3 Å². The van der Waals surface area contributed by atoms with Gasteiger partial charge in [-0.2, -0.15) is 0 Å². The van der Waals surface area contributed by atoms with Crippen LogP contribution in [0.2, 0.25) is 0 Å². The fraction of sp³-hybridized carbons (Fsp3) is 0.600. The van der Waals surface area contributed by atoms with Gasteiger partial charge in [-0.15, -0.1) is 12.4 Å². The molecule has 27 heavy (non-hydrogen) atoms. The zero-order valence-electron chi connectivity index (χ0n) is 15.6. The summed E-state index contributed by atoms with van der Waals surface area (Å²) in [4.78, 5) is 26.8. The molecule has 2 aliphatic rings. The monoisotopic (exact) mass is 395 g/mol. The molecule has 0 radical (unpaired) electrons. The number of nitrogens with zero attached hydrogens (tertiary/aromatic N) is 1. The predicted octanol–water partition coefficient (Wildman–Crippen LogP) is 1.97. The topological polar surface area (TPSA) is 84.7 Å². The second-order valence-corrected chi connectivity index (χ2v) is 7.28. The first-order chi connectivity index (χ1) is 12.7. The standard InChI is InChI=1S/C20H29N3O3.ClH/c21-13-18(15-8-9-15)22-20(25)16-5-4-11-23(14-16)19(24)10-12-26-17-6-2-1-3-7-17;/h1-3,6-7,15-16,18H,4-5,8-14,21H2,(H,22,25);1H. The Morgan fingerprint density at radius 3 is 2.63 bits per heavy atom. The Kier molecular flexibility index (Phi) is 8.38. The van der Waals surface area contributed by atoms with Crippen LogP contribution in [0.3, 0.4) is 0 Å². The van der Waals surface area contributed by atoms with E-state index < -0.39 is 0 Å². The minimum atomic E-state index is -0.129. The molecule has 1 aliphatic heterocycles. The van der Waals surface area contributed by atoms with Crippen LogP contribution >= 0.6 is 12.4 Å². The largest absolute Gasteiger partial charge is 0.493 e. The van der Waals surface area contributed by atoms with E-state index in [0.717, 1.165) is 38.0 Å². The zero-order chi connectivity index (χ0) is 18.4. The van der Waals surface area contributed by atoms with Crippen LogP contribution in [0.25, 0.3) is 0 Å². The number of halogens is 1. The maximum Gasteiger partial charge on any atom is 0.226 e. The Bertz CT molecular complexity index is 610. The highest BCUT2D eigenvalue weighted by Crippen LogP contribution is 2.32. The number of para-hydroxylation sites is 1. The third-order valence-electron chi connectivity index (χ3n) is 5.25. The summed E-state index contributed by atoms with van der Waals surface area (Å²) >= 11 is 0. The number of rotatable bonds is 8. The minimum absolute atomic E-state index is 0. The van der Waals surface area contributed by atoms with Gasteiger partial charge in [-0.1, -0.05) is 18.2 Å². The van der Waals surface area contributed by atoms with Crippen LogP contribution in [-0.4, -0.2) is 49.0 Å². The fourth-order valence-corrected chi connectivity index (χ4v) is 3.52. The molecule has 7 heteroatoms. The van der Waals surface area contributed by atoms with E-state index in [-0.39, 0.29) is 36.2 Å². The molecule has 2 amide bonds. The number of likely N-dealkylation sites (tertiary alicyclic amines) is 1. The first-order valence-electron chi connectivity index (χ1n) is 9.63. The number of benzene rings is 1. The molecule has 2 fully saturated rings. The van der Waals surface area contributed by atoms with Crippen LogP contribution in [-0.2, 0) is 9.59 Å². The number of nitrogens with one attached hydrogen (secondary N) is 1. The van der Waals surface area contributed by atoms with Crippen molar-refractivity contribution in [1.29, 1.82) is 0 Å². The van der Waals surface area contributed by atoms with Crippen LogP contribution in [0.1, 0.15) is 32.1 Å². The lowest BCUT2D eigenvalue weighted by Crippen LogP contribution is -2.49. The van der Waals surface area contributed by atoms with Gasteiger partial charge < -0.3 is 20.7 Å². The Morgan fingerprint density at radius 2 is 1.96 bits per heavy atom. The van der Waals surface area contributed by atoms with Crippen molar-refractivity contribution >= 4 is 24.2 Å². The van der Waals surface area contributed by atoms with Gasteiger partial charge in [0.05, 0.1) is 18.9 Å². The Labute approximate surface area is 167 Å². The van der Waals surface area contributed by atoms with Gasteiger partial charge in [0.1, 0.15) is 5.75 Å². The van der Waals surface area contributed by atoms with Crippen LogP contribution in [0.15, 0.2) is 30.3 Å². The van der Waals surface area contributed by atoms with Gasteiger partial charge in [-0.3, -0.25) is 9.59 Å². The summed E-state index contributed by atoms with van der Waals surface area (Å²) < 4.78 is 5.60. The predicted molar refractivity (Wildman–Crippen MR) is 107 cm³/mol. The molecule has 0 bridgehead atoms. The Hall–Kier alpha value is -1.79. The molecular weight excluding hydrogens is 366 g/mol. The minimum Gasteiger partial charge on any atom is -0.493 e. The first-order valence-corrected chi connectivity index (χ1v) is 9.63. The third kappa shape index (κ3) is 6.40. The van der Waals surface area contributed by atoms with E-state index >= 15 is 0 Å². The quantitative estimate of drug-likeness (QED) is 0.704. The van der Waals surface area contributed by atoms with Crippen LogP contribution in [0.4, 0.5) is 0 Å². The van der Waals surface area contributed by atoms with Gasteiger partial charge in [-0.25, -0.2) is 0 Å². The molecule has 150 valence electrons. The molecule has 1 aliphatic carbocycles. The molecule has 1 aromatic carbocycles. The highest BCUT2D eigenvalue weighted by molar-refractivity contribution is 5.85. The average Bonchev–Trinajstić information content (AvgIpc) is 3.52. The van der Waals surface area contributed by atoms with Crippen molar-refractivity contribution in [2.24, 2.45) is 17.6 Å². The van der Waals surface area contributed by atoms with Gasteiger partial charge in [-0.05, 0) is 43.7 Å². The van der Waals surface area contributed by atoms with Gasteiger partial charge in [0.15, 0.2) is 0 Å². The first kappa shape index (κ1) is 21.5. The van der Waals surface area contributed by atoms with Gasteiger partial charge >= 0.3 is 0 Å². The van der Waals surface area contributed by atoms with Crippen molar-refractivity contribution in [1.82, 2.24) is 10.2 Å². The molecule has 1 saturated heterocycles. The molecule has 3 N–H and O–H groups in total. The summed E-state index contributed by atoms with van der Waals surface area (Å²) in [5.41, 5.74) is 5.78. The third-order valence-corrected chi connectivity index (χ3v) is 5.25. The van der Waals surface area contributed by atoms with E-state index in [1.54, 1.807) is 4.90 Å². The van der Waals surface area contributed by atoms with Crippen LogP contribution in [0.5, 0.6) is 5.75 Å². The molecule has 6 nitrogen and oxygen atoms in total. The van der Waals surface area contributed by atoms with Gasteiger partial charge in [0.25, 0.3) is 0 Å². The Balaban J connectivity index is 0.00000261. The molecule has 2 unspecified atom stereocenters. The molecule has 1 heterocycles. The summed E-state index contributed by atoms with van der Waals surface area (Å²) in [6.45, 7) is 2.06. The molecular formula is C20H30ClN3O3. The lowest BCUT2D eigenvalue weighted by atomic mass is 9.96. The number of amides is 2. The normalized spacial score (nSPS) is 20.3. The second kappa shape index (κ2) is 10.5. The number of nitrogens with two attached hydrogens (primary N) is 1. The summed E-state index contributed by atoms with van der Waals surface area (Å²) in [6.07, 6.45) is 4.33. The summed E-state index contributed by atoms with van der Waals surface area (Å²) in [5, 5.41) is 3.10. The average molecular weight is 396 g/mol. The lowest BCUT2D eigenvalue weighted by molar-refractivity contribution is -0.136. The van der Waals surface area contributed by atoms with E-state index in [0.29, 0.717) is 32.0 Å². The van der Waals surface area contributed by atoms with E-state index in [1.165, 1.54) is 0 Å². The molecule has 0 aromatic heterocycles. The maximum atomic E-state index is 12.5. The maximum absolute atomic E-state index is 12.5. The zero-order valence-corrected chi connectivity index (χ0v) is 16.5. The van der Waals surface area contributed by atoms with Crippen molar-refractivity contribution in [3.8, 4) is 5.75 Å². The number of ether oxygens (including phenoxy) is 1. The highest BCUT2D eigenvalue weighted by atomic mass is 35.5. The summed E-state index contributed by atoms with van der Waals surface area (Å²) in [7, 11) is 0. The Morgan fingerprint density at radius 1 is 1.22 bits per heavy atom. The van der Waals surface area contributed by atoms with Crippen molar-refractivity contribution in [2.45, 2.75) is 38.1 Å². The van der Waals surface area contributed by atoms with E-state index in [4.69, 9.17) is 10.5 Å². The van der Waals surface area contributed by atoms with E-state index in [2.05, 4.69) is 5.32 Å². The number of piperidine rings is 1. The molecule has 1 saturated carbocycles. The van der Waals surface area contributed by atoms with Crippen LogP contribution < -0.4 is 15.8 Å². The number of carbonyl (C=O) groups is 2. The SMILES string of the molecule is Cl.NCC(NC(=O)C1CCCN(C(=O)CCOc2ccccc2)C1)C1CC1. The van der Waals surface area contributed by atoms with Crippen molar-refractivity contribution in [3.63, 3.8) is 0 Å². The van der Waals surface area contributed by atoms with Crippen molar-refractivity contribution in [2.75, 3.05) is 26.2 Å².